The van der Waals surface area contributed by atoms with Crippen LogP contribution in [-0.4, -0.2) is 21.6 Å². The van der Waals surface area contributed by atoms with E-state index in [2.05, 4.69) is 59.3 Å². The van der Waals surface area contributed by atoms with Gasteiger partial charge in [-0.05, 0) is 36.2 Å². The molecule has 154 valence electrons. The van der Waals surface area contributed by atoms with E-state index in [-0.39, 0.29) is 0 Å². The molecule has 0 saturated carbocycles. The highest BCUT2D eigenvalue weighted by molar-refractivity contribution is 5.94. The molecule has 0 aliphatic carbocycles. The number of nitrogens with zero attached hydrogens (tertiary/aromatic N) is 3. The molecule has 0 atom stereocenters. The van der Waals surface area contributed by atoms with Crippen molar-refractivity contribution in [3.8, 4) is 11.7 Å². The first-order valence-corrected chi connectivity index (χ1v) is 10.5. The van der Waals surface area contributed by atoms with Crippen molar-refractivity contribution in [2.24, 2.45) is 0 Å². The SMILES string of the molecule is CCc1cc2ccccc2n1-c1nc(NCc2ccccc2)c2cccc(OC)c2n1. The van der Waals surface area contributed by atoms with Gasteiger partial charge in [0, 0.05) is 23.0 Å². The number of fused-ring (bicyclic) bond motifs is 2. The van der Waals surface area contributed by atoms with Crippen molar-refractivity contribution in [2.45, 2.75) is 19.9 Å². The maximum absolute atomic E-state index is 5.63. The molecule has 0 spiro atoms. The van der Waals surface area contributed by atoms with Crippen molar-refractivity contribution in [1.29, 1.82) is 0 Å². The number of ether oxygens (including phenoxy) is 1. The normalized spacial score (nSPS) is 11.2. The van der Waals surface area contributed by atoms with Gasteiger partial charge in [0.15, 0.2) is 0 Å². The first-order valence-electron chi connectivity index (χ1n) is 10.5. The summed E-state index contributed by atoms with van der Waals surface area (Å²) in [6.07, 6.45) is 0.884. The number of hydrogen-bond acceptors (Lipinski definition) is 4. The number of nitrogens with one attached hydrogen (secondary N) is 1. The largest absolute Gasteiger partial charge is 0.494 e. The van der Waals surface area contributed by atoms with Crippen LogP contribution in [0, 0.1) is 0 Å². The third-order valence-corrected chi connectivity index (χ3v) is 5.55. The van der Waals surface area contributed by atoms with Crippen LogP contribution in [0.15, 0.2) is 78.9 Å². The van der Waals surface area contributed by atoms with Gasteiger partial charge in [-0.15, -0.1) is 0 Å². The van der Waals surface area contributed by atoms with Gasteiger partial charge in [-0.25, -0.2) is 4.98 Å². The molecule has 0 amide bonds. The second kappa shape index (κ2) is 8.11. The van der Waals surface area contributed by atoms with E-state index in [0.29, 0.717) is 12.5 Å². The zero-order chi connectivity index (χ0) is 21.2. The van der Waals surface area contributed by atoms with Crippen LogP contribution in [0.4, 0.5) is 5.82 Å². The Morgan fingerprint density at radius 3 is 2.52 bits per heavy atom. The fourth-order valence-corrected chi connectivity index (χ4v) is 4.00. The second-order valence-corrected chi connectivity index (χ2v) is 7.45. The molecule has 0 saturated heterocycles. The van der Waals surface area contributed by atoms with E-state index in [1.165, 1.54) is 16.6 Å². The molecular formula is C26H24N4O. The van der Waals surface area contributed by atoms with E-state index in [0.717, 1.165) is 34.4 Å². The summed E-state index contributed by atoms with van der Waals surface area (Å²) in [5.41, 5.74) is 4.26. The van der Waals surface area contributed by atoms with Crippen molar-refractivity contribution >= 4 is 27.6 Å². The second-order valence-electron chi connectivity index (χ2n) is 7.45. The van der Waals surface area contributed by atoms with Crippen LogP contribution in [0.25, 0.3) is 27.8 Å². The summed E-state index contributed by atoms with van der Waals surface area (Å²) < 4.78 is 7.78. The van der Waals surface area contributed by atoms with Gasteiger partial charge in [0.1, 0.15) is 17.1 Å². The predicted molar refractivity (Wildman–Crippen MR) is 126 cm³/mol. The van der Waals surface area contributed by atoms with Crippen molar-refractivity contribution < 1.29 is 4.74 Å². The van der Waals surface area contributed by atoms with Gasteiger partial charge >= 0.3 is 0 Å². The quantitative estimate of drug-likeness (QED) is 0.388. The summed E-state index contributed by atoms with van der Waals surface area (Å²) in [6, 6.07) is 26.8. The fourth-order valence-electron chi connectivity index (χ4n) is 4.00. The van der Waals surface area contributed by atoms with Gasteiger partial charge in [0.2, 0.25) is 5.95 Å². The average molecular weight is 409 g/mol. The third-order valence-electron chi connectivity index (χ3n) is 5.55. The van der Waals surface area contributed by atoms with Crippen LogP contribution >= 0.6 is 0 Å². The highest BCUT2D eigenvalue weighted by atomic mass is 16.5. The number of para-hydroxylation sites is 2. The zero-order valence-electron chi connectivity index (χ0n) is 17.7. The molecule has 0 unspecified atom stereocenters. The van der Waals surface area contributed by atoms with Crippen molar-refractivity contribution in [2.75, 3.05) is 12.4 Å². The Hall–Kier alpha value is -3.86. The number of anilines is 1. The van der Waals surface area contributed by atoms with Gasteiger partial charge in [0.05, 0.1) is 12.6 Å². The molecule has 0 aliphatic heterocycles. The van der Waals surface area contributed by atoms with Crippen LogP contribution in [0.3, 0.4) is 0 Å². The Kier molecular flexibility index (Phi) is 5.00. The number of benzene rings is 3. The molecule has 5 nitrogen and oxygen atoms in total. The molecule has 5 aromatic rings. The van der Waals surface area contributed by atoms with E-state index < -0.39 is 0 Å². The van der Waals surface area contributed by atoms with Crippen LogP contribution in [0.2, 0.25) is 0 Å². The summed E-state index contributed by atoms with van der Waals surface area (Å²) in [5, 5.41) is 5.64. The molecule has 3 aromatic carbocycles. The summed E-state index contributed by atoms with van der Waals surface area (Å²) in [4.78, 5) is 9.93. The average Bonchev–Trinajstić information content (AvgIpc) is 3.21. The first kappa shape index (κ1) is 19.1. The van der Waals surface area contributed by atoms with Crippen LogP contribution in [0.1, 0.15) is 18.2 Å². The fraction of sp³-hybridized carbons (Fsp3) is 0.154. The van der Waals surface area contributed by atoms with Crippen molar-refractivity contribution in [1.82, 2.24) is 14.5 Å². The lowest BCUT2D eigenvalue weighted by molar-refractivity contribution is 0.419. The lowest BCUT2D eigenvalue weighted by Gasteiger charge is -2.15. The molecule has 2 heterocycles. The van der Waals surface area contributed by atoms with Gasteiger partial charge in [-0.3, -0.25) is 4.57 Å². The molecule has 0 fully saturated rings. The monoisotopic (exact) mass is 408 g/mol. The molecule has 1 N–H and O–H groups in total. The Labute approximate surface area is 181 Å². The number of hydrogen-bond donors (Lipinski definition) is 1. The number of aryl methyl sites for hydroxylation is 1. The molecule has 0 radical (unpaired) electrons. The maximum atomic E-state index is 5.63. The summed E-state index contributed by atoms with van der Waals surface area (Å²) in [6.45, 7) is 2.83. The molecular weight excluding hydrogens is 384 g/mol. The minimum atomic E-state index is 0.644. The van der Waals surface area contributed by atoms with E-state index in [1.807, 2.05) is 36.4 Å². The van der Waals surface area contributed by atoms with Crippen molar-refractivity contribution in [3.05, 3.63) is 90.1 Å². The Bertz CT molecular complexity index is 1360. The molecule has 2 aromatic heterocycles. The third kappa shape index (κ3) is 3.48. The lowest BCUT2D eigenvalue weighted by Crippen LogP contribution is -2.09. The zero-order valence-corrected chi connectivity index (χ0v) is 17.7. The predicted octanol–water partition coefficient (Wildman–Crippen LogP) is 5.76. The van der Waals surface area contributed by atoms with Crippen molar-refractivity contribution in [3.63, 3.8) is 0 Å². The van der Waals surface area contributed by atoms with Gasteiger partial charge in [0.25, 0.3) is 0 Å². The molecule has 0 bridgehead atoms. The first-order chi connectivity index (χ1) is 15.3. The Balaban J connectivity index is 1.71. The van der Waals surface area contributed by atoms with E-state index >= 15 is 0 Å². The standard InChI is InChI=1S/C26H24N4O/c1-3-20-16-19-12-7-8-14-22(19)30(20)26-28-24-21(13-9-15-23(24)31-2)25(29-26)27-17-18-10-5-4-6-11-18/h4-16H,3,17H2,1-2H3,(H,27,28,29). The molecule has 5 rings (SSSR count). The summed E-state index contributed by atoms with van der Waals surface area (Å²) >= 11 is 0. The Morgan fingerprint density at radius 2 is 1.71 bits per heavy atom. The van der Waals surface area contributed by atoms with E-state index in [9.17, 15) is 0 Å². The maximum Gasteiger partial charge on any atom is 0.237 e. The topological polar surface area (TPSA) is 52.0 Å². The molecule has 5 heteroatoms. The summed E-state index contributed by atoms with van der Waals surface area (Å²) in [7, 11) is 1.68. The number of rotatable bonds is 6. The highest BCUT2D eigenvalue weighted by Gasteiger charge is 2.16. The number of methoxy groups -OCH3 is 1. The van der Waals surface area contributed by atoms with Crippen LogP contribution in [0.5, 0.6) is 5.75 Å². The van der Waals surface area contributed by atoms with E-state index in [1.54, 1.807) is 7.11 Å². The van der Waals surface area contributed by atoms with Crippen LogP contribution in [-0.2, 0) is 13.0 Å². The van der Waals surface area contributed by atoms with E-state index in [4.69, 9.17) is 14.7 Å². The number of aromatic nitrogens is 3. The van der Waals surface area contributed by atoms with Gasteiger partial charge < -0.3 is 10.1 Å². The Morgan fingerprint density at radius 1 is 0.903 bits per heavy atom. The minimum absolute atomic E-state index is 0.644. The van der Waals surface area contributed by atoms with Crippen LogP contribution < -0.4 is 10.1 Å². The highest BCUT2D eigenvalue weighted by Crippen LogP contribution is 2.31. The molecule has 0 aliphatic rings. The van der Waals surface area contributed by atoms with Gasteiger partial charge in [-0.2, -0.15) is 4.98 Å². The van der Waals surface area contributed by atoms with Gasteiger partial charge in [-0.1, -0.05) is 61.5 Å². The summed E-state index contributed by atoms with van der Waals surface area (Å²) in [5.74, 6) is 2.17. The minimum Gasteiger partial charge on any atom is -0.494 e. The lowest BCUT2D eigenvalue weighted by atomic mass is 10.2. The smallest absolute Gasteiger partial charge is 0.237 e. The molecule has 31 heavy (non-hydrogen) atoms.